The van der Waals surface area contributed by atoms with Gasteiger partial charge in [-0.1, -0.05) is 0 Å². The minimum atomic E-state index is 0.676. The number of piperazine rings is 1. The molecular formula is C13H27IN2O3. The third-order valence-corrected chi connectivity index (χ3v) is 3.83. The van der Waals surface area contributed by atoms with E-state index in [1.165, 1.54) is 32.5 Å². The van der Waals surface area contributed by atoms with E-state index in [9.17, 15) is 0 Å². The largest absolute Gasteiger partial charge is 0.385 e. The van der Waals surface area contributed by atoms with E-state index < -0.39 is 0 Å². The molecule has 0 atom stereocenters. The molecule has 1 aliphatic heterocycles. The quantitative estimate of drug-likeness (QED) is 0.396. The van der Waals surface area contributed by atoms with Crippen molar-refractivity contribution in [2.24, 2.45) is 0 Å². The highest BCUT2D eigenvalue weighted by atomic mass is 127. The van der Waals surface area contributed by atoms with Gasteiger partial charge in [0.2, 0.25) is 0 Å². The third-order valence-electron chi connectivity index (χ3n) is 3.39. The molecule has 0 aliphatic carbocycles. The standard InChI is InChI=1S/C13H27IN2O3/c1-17-10-3-2-4-15-5-7-16(8-6-15)9-11-18-12-13-19-14/h2-13H2,1H3. The molecule has 0 radical (unpaired) electrons. The predicted octanol–water partition coefficient (Wildman–Crippen LogP) is 1.41. The molecule has 1 saturated heterocycles. The smallest absolute Gasteiger partial charge is 0.109 e. The molecule has 19 heavy (non-hydrogen) atoms. The van der Waals surface area contributed by atoms with Gasteiger partial charge in [0.25, 0.3) is 0 Å². The van der Waals surface area contributed by atoms with Crippen LogP contribution in [0.2, 0.25) is 0 Å². The Hall–Kier alpha value is 0.530. The van der Waals surface area contributed by atoms with Crippen molar-refractivity contribution in [3.05, 3.63) is 0 Å². The van der Waals surface area contributed by atoms with Crippen LogP contribution in [0.15, 0.2) is 0 Å². The molecule has 0 unspecified atom stereocenters. The van der Waals surface area contributed by atoms with Crippen molar-refractivity contribution >= 4 is 23.0 Å². The van der Waals surface area contributed by atoms with Crippen LogP contribution in [0.25, 0.3) is 0 Å². The maximum absolute atomic E-state index is 5.50. The molecule has 0 aromatic heterocycles. The topological polar surface area (TPSA) is 34.2 Å². The summed E-state index contributed by atoms with van der Waals surface area (Å²) in [4.78, 5) is 5.04. The van der Waals surface area contributed by atoms with Crippen molar-refractivity contribution in [3.8, 4) is 0 Å². The van der Waals surface area contributed by atoms with Gasteiger partial charge in [0, 0.05) is 46.4 Å². The van der Waals surface area contributed by atoms with Gasteiger partial charge in [0.15, 0.2) is 0 Å². The fourth-order valence-corrected chi connectivity index (χ4v) is 2.38. The van der Waals surface area contributed by atoms with Crippen molar-refractivity contribution < 1.29 is 12.5 Å². The van der Waals surface area contributed by atoms with Crippen LogP contribution < -0.4 is 0 Å². The van der Waals surface area contributed by atoms with Gasteiger partial charge in [-0.3, -0.25) is 4.90 Å². The normalized spacial score (nSPS) is 18.0. The third kappa shape index (κ3) is 9.14. The zero-order chi connectivity index (χ0) is 13.8. The van der Waals surface area contributed by atoms with Crippen molar-refractivity contribution in [3.63, 3.8) is 0 Å². The van der Waals surface area contributed by atoms with Crippen LogP contribution in [0.1, 0.15) is 12.8 Å². The number of unbranched alkanes of at least 4 members (excludes halogenated alkanes) is 1. The van der Waals surface area contributed by atoms with Crippen LogP contribution in [0.5, 0.6) is 0 Å². The average Bonchev–Trinajstić information content (AvgIpc) is 2.45. The molecule has 5 nitrogen and oxygen atoms in total. The number of ether oxygens (including phenoxy) is 2. The lowest BCUT2D eigenvalue weighted by Gasteiger charge is -2.34. The zero-order valence-electron chi connectivity index (χ0n) is 12.0. The van der Waals surface area contributed by atoms with E-state index in [0.717, 1.165) is 32.8 Å². The summed E-state index contributed by atoms with van der Waals surface area (Å²) < 4.78 is 15.5. The first-order chi connectivity index (χ1) is 9.36. The van der Waals surface area contributed by atoms with Gasteiger partial charge in [-0.15, -0.1) is 0 Å². The van der Waals surface area contributed by atoms with E-state index >= 15 is 0 Å². The minimum Gasteiger partial charge on any atom is -0.385 e. The van der Waals surface area contributed by atoms with Crippen molar-refractivity contribution in [2.75, 3.05) is 72.8 Å². The van der Waals surface area contributed by atoms with Gasteiger partial charge in [-0.05, 0) is 19.4 Å². The van der Waals surface area contributed by atoms with E-state index in [0.29, 0.717) is 13.2 Å². The summed E-state index contributed by atoms with van der Waals surface area (Å²) in [6.45, 7) is 10.0. The molecule has 0 aromatic rings. The van der Waals surface area contributed by atoms with Crippen LogP contribution in [-0.2, 0) is 12.5 Å². The average molecular weight is 386 g/mol. The molecular weight excluding hydrogens is 359 g/mol. The molecule has 0 aromatic carbocycles. The van der Waals surface area contributed by atoms with E-state index in [1.807, 2.05) is 23.0 Å². The van der Waals surface area contributed by atoms with Crippen LogP contribution in [0.4, 0.5) is 0 Å². The summed E-state index contributed by atoms with van der Waals surface area (Å²) >= 11 is 1.90. The second-order valence-electron chi connectivity index (χ2n) is 4.81. The zero-order valence-corrected chi connectivity index (χ0v) is 14.1. The first-order valence-corrected chi connectivity index (χ1v) is 8.00. The Kier molecular flexibility index (Phi) is 11.4. The number of methoxy groups -OCH3 is 1. The Morgan fingerprint density at radius 2 is 1.53 bits per heavy atom. The highest BCUT2D eigenvalue weighted by Crippen LogP contribution is 2.03. The van der Waals surface area contributed by atoms with E-state index in [4.69, 9.17) is 12.5 Å². The Labute approximate surface area is 131 Å². The lowest BCUT2D eigenvalue weighted by atomic mass is 10.2. The maximum Gasteiger partial charge on any atom is 0.109 e. The molecule has 0 spiro atoms. The first kappa shape index (κ1) is 17.6. The molecule has 1 rings (SSSR count). The van der Waals surface area contributed by atoms with E-state index in [-0.39, 0.29) is 0 Å². The minimum absolute atomic E-state index is 0.676. The highest BCUT2D eigenvalue weighted by molar-refractivity contribution is 14.1. The molecule has 0 saturated carbocycles. The summed E-state index contributed by atoms with van der Waals surface area (Å²) in [7, 11) is 1.77. The van der Waals surface area contributed by atoms with Crippen molar-refractivity contribution in [1.29, 1.82) is 0 Å². The van der Waals surface area contributed by atoms with Gasteiger partial charge >= 0.3 is 0 Å². The number of nitrogens with zero attached hydrogens (tertiary/aromatic N) is 2. The summed E-state index contributed by atoms with van der Waals surface area (Å²) in [5.74, 6) is 0. The van der Waals surface area contributed by atoms with Crippen LogP contribution >= 0.6 is 23.0 Å². The van der Waals surface area contributed by atoms with Gasteiger partial charge in [0.05, 0.1) is 19.8 Å². The monoisotopic (exact) mass is 386 g/mol. The molecule has 6 heteroatoms. The SMILES string of the molecule is COCCCCN1CCN(CCOCCOI)CC1. The molecule has 114 valence electrons. The number of hydrogen-bond acceptors (Lipinski definition) is 5. The Morgan fingerprint density at radius 3 is 2.16 bits per heavy atom. The van der Waals surface area contributed by atoms with Crippen molar-refractivity contribution in [2.45, 2.75) is 12.8 Å². The van der Waals surface area contributed by atoms with Crippen LogP contribution in [0, 0.1) is 0 Å². The van der Waals surface area contributed by atoms with Crippen LogP contribution in [-0.4, -0.2) is 82.6 Å². The fourth-order valence-electron chi connectivity index (χ4n) is 2.20. The number of halogens is 1. The summed E-state index contributed by atoms with van der Waals surface area (Å²) in [6.07, 6.45) is 2.41. The lowest BCUT2D eigenvalue weighted by molar-refractivity contribution is 0.0663. The second-order valence-corrected chi connectivity index (χ2v) is 5.43. The number of rotatable bonds is 11. The molecule has 0 N–H and O–H groups in total. The Balaban J connectivity index is 1.93. The summed E-state index contributed by atoms with van der Waals surface area (Å²) in [6, 6.07) is 0. The van der Waals surface area contributed by atoms with E-state index in [1.54, 1.807) is 7.11 Å². The summed E-state index contributed by atoms with van der Waals surface area (Å²) in [5, 5.41) is 0. The van der Waals surface area contributed by atoms with Crippen LogP contribution in [0.3, 0.4) is 0 Å². The van der Waals surface area contributed by atoms with Gasteiger partial charge in [0.1, 0.15) is 23.0 Å². The van der Waals surface area contributed by atoms with Crippen molar-refractivity contribution in [1.82, 2.24) is 9.80 Å². The molecule has 0 bridgehead atoms. The highest BCUT2D eigenvalue weighted by Gasteiger charge is 2.15. The summed E-state index contributed by atoms with van der Waals surface area (Å²) in [5.41, 5.74) is 0. The molecule has 1 aliphatic rings. The van der Waals surface area contributed by atoms with Gasteiger partial charge in [-0.25, -0.2) is 0 Å². The molecule has 1 fully saturated rings. The van der Waals surface area contributed by atoms with Gasteiger partial charge in [-0.2, -0.15) is 0 Å². The first-order valence-electron chi connectivity index (χ1n) is 7.11. The Bertz CT molecular complexity index is 202. The molecule has 0 amide bonds. The Morgan fingerprint density at radius 1 is 0.842 bits per heavy atom. The molecule has 1 heterocycles. The number of hydrogen-bond donors (Lipinski definition) is 0. The van der Waals surface area contributed by atoms with Gasteiger partial charge < -0.3 is 17.4 Å². The second kappa shape index (κ2) is 12.3. The lowest BCUT2D eigenvalue weighted by Crippen LogP contribution is -2.47. The predicted molar refractivity (Wildman–Crippen MR) is 84.8 cm³/mol. The van der Waals surface area contributed by atoms with E-state index in [2.05, 4.69) is 9.80 Å². The maximum atomic E-state index is 5.50. The fraction of sp³-hybridized carbons (Fsp3) is 1.00.